The highest BCUT2D eigenvalue weighted by Crippen LogP contribution is 2.32. The van der Waals surface area contributed by atoms with E-state index in [9.17, 15) is 8.42 Å². The van der Waals surface area contributed by atoms with Crippen molar-refractivity contribution in [2.75, 3.05) is 0 Å². The van der Waals surface area contributed by atoms with Crippen molar-refractivity contribution in [2.24, 2.45) is 0 Å². The molecule has 0 saturated carbocycles. The molecule has 0 aliphatic heterocycles. The van der Waals surface area contributed by atoms with Gasteiger partial charge in [-0.1, -0.05) is 39.1 Å². The first-order valence-electron chi connectivity index (χ1n) is 5.01. The summed E-state index contributed by atoms with van der Waals surface area (Å²) >= 11 is 15.0. The fourth-order valence-corrected chi connectivity index (χ4v) is 4.35. The van der Waals surface area contributed by atoms with Gasteiger partial charge in [0, 0.05) is 16.4 Å². The lowest BCUT2D eigenvalue weighted by atomic mass is 10.4. The summed E-state index contributed by atoms with van der Waals surface area (Å²) in [4.78, 5) is 6.44. The van der Waals surface area contributed by atoms with Crippen molar-refractivity contribution in [3.8, 4) is 0 Å². The first-order chi connectivity index (χ1) is 8.90. The van der Waals surface area contributed by atoms with Gasteiger partial charge in [-0.15, -0.1) is 0 Å². The van der Waals surface area contributed by atoms with E-state index in [2.05, 4.69) is 30.6 Å². The van der Waals surface area contributed by atoms with Gasteiger partial charge in [-0.05, 0) is 12.1 Å². The second-order valence-corrected chi connectivity index (χ2v) is 7.03. The molecule has 2 rings (SSSR count). The van der Waals surface area contributed by atoms with E-state index < -0.39 is 10.0 Å². The van der Waals surface area contributed by atoms with Crippen molar-refractivity contribution < 1.29 is 8.42 Å². The number of hydrogen-bond acceptors (Lipinski definition) is 3. The summed E-state index contributed by atoms with van der Waals surface area (Å²) in [5, 5.41) is 0.105. The maximum atomic E-state index is 12.2. The molecule has 2 N–H and O–H groups in total. The molecule has 0 bridgehead atoms. The molecule has 0 amide bonds. The molecule has 1 aromatic heterocycles. The quantitative estimate of drug-likeness (QED) is 0.850. The molecule has 9 heteroatoms. The number of hydrogen-bond donors (Lipinski definition) is 2. The minimum absolute atomic E-state index is 0.0523. The fraction of sp³-hybridized carbons (Fsp3) is 0.100. The molecule has 0 aliphatic carbocycles. The lowest BCUT2D eigenvalue weighted by molar-refractivity contribution is 0.580. The molecule has 1 aromatic carbocycles. The largest absolute Gasteiger partial charge is 0.347 e. The van der Waals surface area contributed by atoms with Crippen LogP contribution in [0.1, 0.15) is 5.69 Å². The Kier molecular flexibility index (Phi) is 4.52. The van der Waals surface area contributed by atoms with E-state index >= 15 is 0 Å². The lowest BCUT2D eigenvalue weighted by Gasteiger charge is -2.09. The Balaban J connectivity index is 2.29. The number of benzene rings is 1. The standard InChI is InChI=1S/C10H8BrCl2N3O2S/c11-6-1-8(12)10(9(13)2-6)19(17,18)16-4-7-3-14-5-15-7/h1-3,5,16H,4H2,(H,14,15). The van der Waals surface area contributed by atoms with Gasteiger partial charge in [0.05, 0.1) is 22.9 Å². The Bertz CT molecular complexity index is 666. The number of rotatable bonds is 4. The Labute approximate surface area is 128 Å². The summed E-state index contributed by atoms with van der Waals surface area (Å²) < 4.78 is 27.3. The van der Waals surface area contributed by atoms with Crippen molar-refractivity contribution in [3.63, 3.8) is 0 Å². The zero-order valence-corrected chi connectivity index (χ0v) is 13.2. The number of halogens is 3. The number of aromatic nitrogens is 2. The summed E-state index contributed by atoms with van der Waals surface area (Å²) in [6.45, 7) is 0.0745. The van der Waals surface area contributed by atoms with Crippen LogP contribution in [0.25, 0.3) is 0 Å². The molecule has 0 atom stereocenters. The van der Waals surface area contributed by atoms with Gasteiger partial charge in [-0.2, -0.15) is 0 Å². The van der Waals surface area contributed by atoms with Gasteiger partial charge in [-0.25, -0.2) is 18.1 Å². The summed E-state index contributed by atoms with van der Waals surface area (Å²) in [7, 11) is -3.80. The summed E-state index contributed by atoms with van der Waals surface area (Å²) in [6, 6.07) is 2.94. The van der Waals surface area contributed by atoms with Crippen LogP contribution >= 0.6 is 39.1 Å². The molecule has 0 spiro atoms. The molecule has 0 fully saturated rings. The SMILES string of the molecule is O=S(=O)(NCc1cnc[nH]1)c1c(Cl)cc(Br)cc1Cl. The fourth-order valence-electron chi connectivity index (χ4n) is 1.41. The Morgan fingerprint density at radius 1 is 1.32 bits per heavy atom. The van der Waals surface area contributed by atoms with Crippen molar-refractivity contribution in [3.05, 3.63) is 44.9 Å². The molecule has 1 heterocycles. The number of imidazole rings is 1. The molecular formula is C10H8BrCl2N3O2S. The molecule has 5 nitrogen and oxygen atoms in total. The van der Waals surface area contributed by atoms with Crippen LogP contribution in [0.15, 0.2) is 34.0 Å². The van der Waals surface area contributed by atoms with Gasteiger partial charge in [0.25, 0.3) is 0 Å². The topological polar surface area (TPSA) is 74.8 Å². The number of nitrogens with one attached hydrogen (secondary N) is 2. The molecule has 0 aliphatic rings. The third kappa shape index (κ3) is 3.49. The summed E-state index contributed by atoms with van der Waals surface area (Å²) in [5.41, 5.74) is 0.632. The monoisotopic (exact) mass is 383 g/mol. The van der Waals surface area contributed by atoms with Gasteiger partial charge in [0.1, 0.15) is 4.90 Å². The molecular weight excluding hydrogens is 377 g/mol. The number of nitrogens with zero attached hydrogens (tertiary/aromatic N) is 1. The minimum Gasteiger partial charge on any atom is -0.347 e. The molecule has 0 saturated heterocycles. The van der Waals surface area contributed by atoms with Crippen molar-refractivity contribution in [1.82, 2.24) is 14.7 Å². The lowest BCUT2D eigenvalue weighted by Crippen LogP contribution is -2.24. The molecule has 19 heavy (non-hydrogen) atoms. The van der Waals surface area contributed by atoms with Crippen LogP contribution in [0.3, 0.4) is 0 Å². The Morgan fingerprint density at radius 2 is 1.95 bits per heavy atom. The zero-order valence-electron chi connectivity index (χ0n) is 9.32. The van der Waals surface area contributed by atoms with E-state index in [1.54, 1.807) is 0 Å². The third-order valence-corrected chi connectivity index (χ3v) is 5.02. The second kappa shape index (κ2) is 5.80. The van der Waals surface area contributed by atoms with E-state index in [0.717, 1.165) is 0 Å². The van der Waals surface area contributed by atoms with E-state index in [1.807, 2.05) is 0 Å². The van der Waals surface area contributed by atoms with E-state index in [-0.39, 0.29) is 21.5 Å². The van der Waals surface area contributed by atoms with E-state index in [0.29, 0.717) is 10.2 Å². The second-order valence-electron chi connectivity index (χ2n) is 3.60. The maximum absolute atomic E-state index is 12.2. The highest BCUT2D eigenvalue weighted by Gasteiger charge is 2.22. The first kappa shape index (κ1) is 14.8. The third-order valence-electron chi connectivity index (χ3n) is 2.24. The maximum Gasteiger partial charge on any atom is 0.243 e. The predicted octanol–water partition coefficient (Wildman–Crippen LogP) is 2.96. The van der Waals surface area contributed by atoms with Crippen molar-refractivity contribution in [1.29, 1.82) is 0 Å². The van der Waals surface area contributed by atoms with Gasteiger partial charge in [0.2, 0.25) is 10.0 Å². The van der Waals surface area contributed by atoms with Gasteiger partial charge in [0.15, 0.2) is 0 Å². The zero-order chi connectivity index (χ0) is 14.0. The summed E-state index contributed by atoms with van der Waals surface area (Å²) in [6.07, 6.45) is 2.98. The number of aromatic amines is 1. The Hall–Kier alpha value is -0.600. The highest BCUT2D eigenvalue weighted by molar-refractivity contribution is 9.10. The van der Waals surface area contributed by atoms with Gasteiger partial charge >= 0.3 is 0 Å². The van der Waals surface area contributed by atoms with Crippen molar-refractivity contribution >= 4 is 49.2 Å². The van der Waals surface area contributed by atoms with Crippen LogP contribution in [0.5, 0.6) is 0 Å². The molecule has 0 unspecified atom stereocenters. The van der Waals surface area contributed by atoms with Crippen molar-refractivity contribution in [2.45, 2.75) is 11.4 Å². The predicted molar refractivity (Wildman–Crippen MR) is 76.8 cm³/mol. The average molecular weight is 385 g/mol. The number of H-pyrrole nitrogens is 1. The number of sulfonamides is 1. The van der Waals surface area contributed by atoms with Crippen LogP contribution in [-0.2, 0) is 16.6 Å². The van der Waals surface area contributed by atoms with Crippen LogP contribution in [0, 0.1) is 0 Å². The van der Waals surface area contributed by atoms with Crippen LogP contribution in [0.4, 0.5) is 0 Å². The first-order valence-corrected chi connectivity index (χ1v) is 8.05. The van der Waals surface area contributed by atoms with Crippen LogP contribution in [-0.4, -0.2) is 18.4 Å². The smallest absolute Gasteiger partial charge is 0.243 e. The minimum atomic E-state index is -3.80. The molecule has 2 aromatic rings. The van der Waals surface area contributed by atoms with Crippen LogP contribution in [0.2, 0.25) is 10.0 Å². The molecule has 0 radical (unpaired) electrons. The average Bonchev–Trinajstić information content (AvgIpc) is 2.77. The Morgan fingerprint density at radius 3 is 2.47 bits per heavy atom. The summed E-state index contributed by atoms with van der Waals surface area (Å²) in [5.74, 6) is 0. The highest BCUT2D eigenvalue weighted by atomic mass is 79.9. The van der Waals surface area contributed by atoms with Gasteiger partial charge < -0.3 is 4.98 Å². The van der Waals surface area contributed by atoms with E-state index in [4.69, 9.17) is 23.2 Å². The normalized spacial score (nSPS) is 11.7. The molecule has 102 valence electrons. The van der Waals surface area contributed by atoms with E-state index in [1.165, 1.54) is 24.7 Å². The van der Waals surface area contributed by atoms with Crippen LogP contribution < -0.4 is 4.72 Å². The van der Waals surface area contributed by atoms with Gasteiger partial charge in [-0.3, -0.25) is 0 Å².